The van der Waals surface area contributed by atoms with E-state index in [1.54, 1.807) is 25.2 Å². The van der Waals surface area contributed by atoms with Crippen LogP contribution in [0.1, 0.15) is 24.8 Å². The fourth-order valence-electron chi connectivity index (χ4n) is 3.38. The molecule has 0 bridgehead atoms. The number of ether oxygens (including phenoxy) is 2. The zero-order valence-corrected chi connectivity index (χ0v) is 16.3. The molecule has 2 N–H and O–H groups in total. The van der Waals surface area contributed by atoms with E-state index in [0.717, 1.165) is 5.56 Å². The third-order valence-electron chi connectivity index (χ3n) is 4.74. The smallest absolute Gasteiger partial charge is 0.317 e. The molecule has 0 radical (unpaired) electrons. The second-order valence-corrected chi connectivity index (χ2v) is 6.52. The van der Waals surface area contributed by atoms with Crippen LogP contribution >= 0.6 is 0 Å². The highest BCUT2D eigenvalue weighted by Gasteiger charge is 2.34. The third kappa shape index (κ3) is 5.15. The van der Waals surface area contributed by atoms with E-state index in [-0.39, 0.29) is 23.8 Å². The van der Waals surface area contributed by atoms with Gasteiger partial charge in [-0.3, -0.25) is 4.79 Å². The number of nitrogens with one attached hydrogen (secondary N) is 2. The number of benzene rings is 1. The van der Waals surface area contributed by atoms with E-state index in [1.807, 2.05) is 25.1 Å². The molecule has 3 amide bonds. The number of likely N-dealkylation sites (tertiary alicyclic amines) is 1. The van der Waals surface area contributed by atoms with Crippen molar-refractivity contribution in [3.63, 3.8) is 0 Å². The number of hydrogen-bond acceptors (Lipinski definition) is 4. The first-order chi connectivity index (χ1) is 13.0. The molecular formula is C20H29N3O4. The number of amides is 3. The molecule has 1 saturated heterocycles. The first-order valence-electron chi connectivity index (χ1n) is 9.17. The predicted octanol–water partition coefficient (Wildman–Crippen LogP) is 2.14. The van der Waals surface area contributed by atoms with Crippen molar-refractivity contribution in [1.29, 1.82) is 0 Å². The molecule has 148 valence electrons. The van der Waals surface area contributed by atoms with Crippen LogP contribution in [0.4, 0.5) is 4.79 Å². The van der Waals surface area contributed by atoms with Gasteiger partial charge in [-0.2, -0.15) is 0 Å². The summed E-state index contributed by atoms with van der Waals surface area (Å²) in [6, 6.07) is 5.59. The molecule has 7 heteroatoms. The predicted molar refractivity (Wildman–Crippen MR) is 104 cm³/mol. The molecule has 1 heterocycles. The Hall–Kier alpha value is -2.70. The van der Waals surface area contributed by atoms with Crippen molar-refractivity contribution in [1.82, 2.24) is 15.5 Å². The Labute approximate surface area is 160 Å². The largest absolute Gasteiger partial charge is 0.493 e. The van der Waals surface area contributed by atoms with Crippen LogP contribution in [0.3, 0.4) is 0 Å². The van der Waals surface area contributed by atoms with Crippen molar-refractivity contribution in [2.45, 2.75) is 19.3 Å². The summed E-state index contributed by atoms with van der Waals surface area (Å²) in [5.74, 6) is 0.977. The number of rotatable bonds is 7. The van der Waals surface area contributed by atoms with Gasteiger partial charge in [0.2, 0.25) is 5.91 Å². The summed E-state index contributed by atoms with van der Waals surface area (Å²) in [5.41, 5.74) is 1.02. The molecule has 1 aromatic carbocycles. The summed E-state index contributed by atoms with van der Waals surface area (Å²) < 4.78 is 10.7. The zero-order valence-electron chi connectivity index (χ0n) is 16.3. The van der Waals surface area contributed by atoms with Gasteiger partial charge in [-0.1, -0.05) is 12.1 Å². The quantitative estimate of drug-likeness (QED) is 0.716. The maximum absolute atomic E-state index is 12.5. The summed E-state index contributed by atoms with van der Waals surface area (Å²) in [5, 5.41) is 5.67. The second kappa shape index (κ2) is 9.85. The zero-order chi connectivity index (χ0) is 19.8. The van der Waals surface area contributed by atoms with Crippen LogP contribution in [0.15, 0.2) is 30.9 Å². The number of methoxy groups -OCH3 is 2. The minimum absolute atomic E-state index is 0.0284. The summed E-state index contributed by atoms with van der Waals surface area (Å²) in [6.07, 6.45) is 2.31. The van der Waals surface area contributed by atoms with Crippen molar-refractivity contribution in [3.8, 4) is 11.5 Å². The molecule has 0 spiro atoms. The van der Waals surface area contributed by atoms with E-state index in [0.29, 0.717) is 44.1 Å². The Balaban J connectivity index is 2.26. The van der Waals surface area contributed by atoms with E-state index in [2.05, 4.69) is 17.2 Å². The first kappa shape index (κ1) is 20.6. The van der Waals surface area contributed by atoms with Gasteiger partial charge in [-0.25, -0.2) is 4.79 Å². The molecule has 1 fully saturated rings. The molecular weight excluding hydrogens is 346 g/mol. The van der Waals surface area contributed by atoms with Crippen molar-refractivity contribution in [2.24, 2.45) is 5.92 Å². The number of hydrogen-bond donors (Lipinski definition) is 2. The Kier molecular flexibility index (Phi) is 7.52. The molecule has 2 atom stereocenters. The lowest BCUT2D eigenvalue weighted by molar-refractivity contribution is -0.126. The van der Waals surface area contributed by atoms with Crippen LogP contribution in [0.2, 0.25) is 0 Å². The highest BCUT2D eigenvalue weighted by Crippen LogP contribution is 2.35. The lowest BCUT2D eigenvalue weighted by Gasteiger charge is -2.37. The molecule has 2 rings (SSSR count). The molecule has 0 aromatic heterocycles. The van der Waals surface area contributed by atoms with Crippen LogP contribution in [0.5, 0.6) is 11.5 Å². The van der Waals surface area contributed by atoms with Gasteiger partial charge in [0.1, 0.15) is 0 Å². The van der Waals surface area contributed by atoms with Gasteiger partial charge in [0.15, 0.2) is 11.5 Å². The molecule has 0 saturated carbocycles. The Bertz CT molecular complexity index is 677. The summed E-state index contributed by atoms with van der Waals surface area (Å²) >= 11 is 0. The van der Waals surface area contributed by atoms with Crippen LogP contribution in [0, 0.1) is 5.92 Å². The van der Waals surface area contributed by atoms with Gasteiger partial charge in [0.05, 0.1) is 20.1 Å². The second-order valence-electron chi connectivity index (χ2n) is 6.52. The van der Waals surface area contributed by atoms with Gasteiger partial charge in [0, 0.05) is 32.1 Å². The highest BCUT2D eigenvalue weighted by atomic mass is 16.5. The standard InChI is InChI=1S/C20H29N3O4/c1-5-9-22-19(24)16-10-15(12-23(13-16)20(25)21-6-2)14-7-8-17(26-3)18(11-14)27-4/h5,7-8,11,15-16H,1,6,9-10,12-13H2,2-4H3,(H,21,25)(H,22,24). The van der Waals surface area contributed by atoms with Crippen molar-refractivity contribution >= 4 is 11.9 Å². The van der Waals surface area contributed by atoms with Crippen molar-refractivity contribution in [3.05, 3.63) is 36.4 Å². The lowest BCUT2D eigenvalue weighted by atomic mass is 9.84. The van der Waals surface area contributed by atoms with Crippen molar-refractivity contribution < 1.29 is 19.1 Å². The monoisotopic (exact) mass is 375 g/mol. The number of carbonyl (C=O) groups is 2. The van der Waals surface area contributed by atoms with E-state index in [9.17, 15) is 9.59 Å². The van der Waals surface area contributed by atoms with Crippen LogP contribution in [-0.2, 0) is 4.79 Å². The summed E-state index contributed by atoms with van der Waals surface area (Å²) in [4.78, 5) is 26.6. The van der Waals surface area contributed by atoms with Gasteiger partial charge in [-0.05, 0) is 31.0 Å². The van der Waals surface area contributed by atoms with Gasteiger partial charge < -0.3 is 25.0 Å². The summed E-state index contributed by atoms with van der Waals surface area (Å²) in [6.45, 7) is 7.41. The minimum Gasteiger partial charge on any atom is -0.493 e. The van der Waals surface area contributed by atoms with Crippen molar-refractivity contribution in [2.75, 3.05) is 40.4 Å². The Morgan fingerprint density at radius 2 is 1.96 bits per heavy atom. The Morgan fingerprint density at radius 3 is 2.59 bits per heavy atom. The average molecular weight is 375 g/mol. The maximum Gasteiger partial charge on any atom is 0.317 e. The fraction of sp³-hybridized carbons (Fsp3) is 0.500. The lowest BCUT2D eigenvalue weighted by Crippen LogP contribution is -2.51. The molecule has 1 aliphatic heterocycles. The van der Waals surface area contributed by atoms with E-state index in [4.69, 9.17) is 9.47 Å². The molecule has 27 heavy (non-hydrogen) atoms. The van der Waals surface area contributed by atoms with Gasteiger partial charge in [0.25, 0.3) is 0 Å². The number of piperidine rings is 1. The van der Waals surface area contributed by atoms with Gasteiger partial charge in [-0.15, -0.1) is 6.58 Å². The first-order valence-corrected chi connectivity index (χ1v) is 9.17. The molecule has 2 unspecified atom stereocenters. The van der Waals surface area contributed by atoms with E-state index >= 15 is 0 Å². The van der Waals surface area contributed by atoms with Crippen LogP contribution in [-0.4, -0.2) is 57.2 Å². The molecule has 0 aliphatic carbocycles. The molecule has 1 aliphatic rings. The number of urea groups is 1. The third-order valence-corrected chi connectivity index (χ3v) is 4.74. The number of nitrogens with zero attached hydrogens (tertiary/aromatic N) is 1. The number of carbonyl (C=O) groups excluding carboxylic acids is 2. The maximum atomic E-state index is 12.5. The molecule has 1 aromatic rings. The topological polar surface area (TPSA) is 79.9 Å². The minimum atomic E-state index is -0.278. The highest BCUT2D eigenvalue weighted by molar-refractivity contribution is 5.81. The molecule has 7 nitrogen and oxygen atoms in total. The Morgan fingerprint density at radius 1 is 1.22 bits per heavy atom. The van der Waals surface area contributed by atoms with E-state index in [1.165, 1.54) is 0 Å². The van der Waals surface area contributed by atoms with Crippen LogP contribution < -0.4 is 20.1 Å². The fourth-order valence-corrected chi connectivity index (χ4v) is 3.38. The van der Waals surface area contributed by atoms with Gasteiger partial charge >= 0.3 is 6.03 Å². The SMILES string of the molecule is C=CCNC(=O)C1CC(c2ccc(OC)c(OC)c2)CN(C(=O)NCC)C1. The van der Waals surface area contributed by atoms with E-state index < -0.39 is 0 Å². The summed E-state index contributed by atoms with van der Waals surface area (Å²) in [7, 11) is 3.18. The van der Waals surface area contributed by atoms with Crippen LogP contribution in [0.25, 0.3) is 0 Å². The average Bonchev–Trinajstić information content (AvgIpc) is 2.71. The normalized spacial score (nSPS) is 19.1.